The van der Waals surface area contributed by atoms with Gasteiger partial charge in [0, 0.05) is 17.4 Å². The van der Waals surface area contributed by atoms with Crippen molar-refractivity contribution >= 4 is 33.2 Å². The number of nitrogens with one attached hydrogen (secondary N) is 1. The third kappa shape index (κ3) is 2.89. The zero-order valence-electron chi connectivity index (χ0n) is 10.4. The largest absolute Gasteiger partial charge is 0.452 e. The van der Waals surface area contributed by atoms with Gasteiger partial charge in [0.25, 0.3) is 0 Å². The van der Waals surface area contributed by atoms with Crippen molar-refractivity contribution in [2.24, 2.45) is 0 Å². The van der Waals surface area contributed by atoms with Crippen molar-refractivity contribution in [3.63, 3.8) is 0 Å². The highest BCUT2D eigenvalue weighted by Gasteiger charge is 2.07. The number of aromatic nitrogens is 2. The molecule has 6 heteroatoms. The summed E-state index contributed by atoms with van der Waals surface area (Å²) in [5.41, 5.74) is 1.83. The first kappa shape index (κ1) is 13.3. The summed E-state index contributed by atoms with van der Waals surface area (Å²) in [5, 5.41) is 8.22. The van der Waals surface area contributed by atoms with Crippen LogP contribution in [-0.2, 0) is 6.54 Å². The first-order valence-electron chi connectivity index (χ1n) is 6.00. The first-order chi connectivity index (χ1) is 9.72. The number of anilines is 1. The van der Waals surface area contributed by atoms with Gasteiger partial charge in [0.1, 0.15) is 5.76 Å². The summed E-state index contributed by atoms with van der Waals surface area (Å²) in [4.78, 5) is 0. The molecule has 0 atom stereocenters. The van der Waals surface area contributed by atoms with E-state index in [1.165, 1.54) is 0 Å². The second kappa shape index (κ2) is 5.73. The van der Waals surface area contributed by atoms with Gasteiger partial charge in [0.15, 0.2) is 4.67 Å². The van der Waals surface area contributed by atoms with E-state index in [1.807, 2.05) is 42.6 Å². The van der Waals surface area contributed by atoms with E-state index < -0.39 is 0 Å². The lowest BCUT2D eigenvalue weighted by molar-refractivity contribution is 0.495. The summed E-state index contributed by atoms with van der Waals surface area (Å²) in [7, 11) is 0. The maximum absolute atomic E-state index is 6.06. The van der Waals surface area contributed by atoms with Gasteiger partial charge in [0.2, 0.25) is 0 Å². The Bertz CT molecular complexity index is 709. The molecule has 0 saturated heterocycles. The van der Waals surface area contributed by atoms with Crippen molar-refractivity contribution in [1.29, 1.82) is 0 Å². The molecule has 0 fully saturated rings. The molecular weight excluding hydrogens is 342 g/mol. The van der Waals surface area contributed by atoms with Crippen molar-refractivity contribution in [2.75, 3.05) is 5.32 Å². The van der Waals surface area contributed by atoms with Crippen LogP contribution in [0.15, 0.2) is 57.9 Å². The van der Waals surface area contributed by atoms with Crippen LogP contribution in [0.3, 0.4) is 0 Å². The van der Waals surface area contributed by atoms with Crippen molar-refractivity contribution in [2.45, 2.75) is 6.54 Å². The molecule has 0 unspecified atom stereocenters. The normalized spacial score (nSPS) is 10.7. The third-order valence-corrected chi connectivity index (χ3v) is 3.45. The van der Waals surface area contributed by atoms with Gasteiger partial charge in [-0.05, 0) is 52.3 Å². The molecule has 4 nitrogen and oxygen atoms in total. The lowest BCUT2D eigenvalue weighted by Crippen LogP contribution is -2.04. The van der Waals surface area contributed by atoms with Gasteiger partial charge < -0.3 is 9.73 Å². The van der Waals surface area contributed by atoms with E-state index in [0.29, 0.717) is 16.2 Å². The molecular formula is C14H11BrClN3O. The van der Waals surface area contributed by atoms with E-state index in [9.17, 15) is 0 Å². The Hall–Kier alpha value is -1.72. The molecule has 0 spiro atoms. The van der Waals surface area contributed by atoms with E-state index >= 15 is 0 Å². The number of nitrogens with zero attached hydrogens (tertiary/aromatic N) is 2. The predicted molar refractivity (Wildman–Crippen MR) is 82.3 cm³/mol. The van der Waals surface area contributed by atoms with E-state index in [2.05, 4.69) is 26.3 Å². The standard InChI is InChI=1S/C14H11BrClN3O/c15-14-5-3-11(20-14)9-17-12-8-10(16)2-4-13(12)19-7-1-6-18-19/h1-8,17H,9H2. The summed E-state index contributed by atoms with van der Waals surface area (Å²) < 4.78 is 7.97. The Labute approximate surface area is 129 Å². The molecule has 0 amide bonds. The minimum absolute atomic E-state index is 0.570. The summed E-state index contributed by atoms with van der Waals surface area (Å²) in [6.07, 6.45) is 3.62. The van der Waals surface area contributed by atoms with Crippen molar-refractivity contribution in [1.82, 2.24) is 9.78 Å². The van der Waals surface area contributed by atoms with Crippen LogP contribution in [0, 0.1) is 0 Å². The molecule has 2 heterocycles. The Kier molecular flexibility index (Phi) is 3.80. The fourth-order valence-electron chi connectivity index (χ4n) is 1.89. The lowest BCUT2D eigenvalue weighted by atomic mass is 10.2. The van der Waals surface area contributed by atoms with Gasteiger partial charge in [-0.2, -0.15) is 5.10 Å². The van der Waals surface area contributed by atoms with Crippen LogP contribution < -0.4 is 5.32 Å². The van der Waals surface area contributed by atoms with Gasteiger partial charge >= 0.3 is 0 Å². The van der Waals surface area contributed by atoms with Gasteiger partial charge in [-0.15, -0.1) is 0 Å². The molecule has 0 aliphatic heterocycles. The second-order valence-corrected chi connectivity index (χ2v) is 5.39. The van der Waals surface area contributed by atoms with E-state index in [0.717, 1.165) is 17.1 Å². The number of furan rings is 1. The minimum Gasteiger partial charge on any atom is -0.452 e. The molecule has 1 aromatic carbocycles. The number of halogens is 2. The number of hydrogen-bond acceptors (Lipinski definition) is 3. The topological polar surface area (TPSA) is 43.0 Å². The van der Waals surface area contributed by atoms with E-state index in [4.69, 9.17) is 16.0 Å². The Morgan fingerprint density at radius 2 is 2.20 bits per heavy atom. The monoisotopic (exact) mass is 351 g/mol. The Morgan fingerprint density at radius 1 is 1.30 bits per heavy atom. The highest BCUT2D eigenvalue weighted by Crippen LogP contribution is 2.25. The van der Waals surface area contributed by atoms with Crippen molar-refractivity contribution < 1.29 is 4.42 Å². The molecule has 0 bridgehead atoms. The van der Waals surface area contributed by atoms with Gasteiger partial charge in [-0.3, -0.25) is 0 Å². The molecule has 0 aliphatic carbocycles. The smallest absolute Gasteiger partial charge is 0.169 e. The molecule has 102 valence electrons. The average Bonchev–Trinajstić information content (AvgIpc) is 3.08. The van der Waals surface area contributed by atoms with Crippen LogP contribution in [0.5, 0.6) is 0 Å². The Balaban J connectivity index is 1.86. The quantitative estimate of drug-likeness (QED) is 0.752. The molecule has 2 aromatic heterocycles. The van der Waals surface area contributed by atoms with Crippen molar-refractivity contribution in [3.05, 3.63) is 64.2 Å². The number of benzene rings is 1. The lowest BCUT2D eigenvalue weighted by Gasteiger charge is -2.11. The zero-order valence-corrected chi connectivity index (χ0v) is 12.7. The fourth-order valence-corrected chi connectivity index (χ4v) is 2.40. The summed E-state index contributed by atoms with van der Waals surface area (Å²) in [5.74, 6) is 0.836. The maximum Gasteiger partial charge on any atom is 0.169 e. The SMILES string of the molecule is Clc1ccc(-n2cccn2)c(NCc2ccc(Br)o2)c1. The fraction of sp³-hybridized carbons (Fsp3) is 0.0714. The zero-order chi connectivity index (χ0) is 13.9. The summed E-state index contributed by atoms with van der Waals surface area (Å²) in [6.45, 7) is 0.570. The highest BCUT2D eigenvalue weighted by atomic mass is 79.9. The van der Waals surface area contributed by atoms with Gasteiger partial charge in [-0.1, -0.05) is 11.6 Å². The summed E-state index contributed by atoms with van der Waals surface area (Å²) >= 11 is 9.35. The third-order valence-electron chi connectivity index (χ3n) is 2.79. The average molecular weight is 353 g/mol. The number of rotatable bonds is 4. The van der Waals surface area contributed by atoms with E-state index in [-0.39, 0.29) is 0 Å². The van der Waals surface area contributed by atoms with Crippen LogP contribution in [0.1, 0.15) is 5.76 Å². The molecule has 0 saturated carbocycles. The van der Waals surface area contributed by atoms with Crippen LogP contribution in [0.25, 0.3) is 5.69 Å². The number of hydrogen-bond donors (Lipinski definition) is 1. The maximum atomic E-state index is 6.06. The van der Waals surface area contributed by atoms with Gasteiger partial charge in [-0.25, -0.2) is 4.68 Å². The molecule has 20 heavy (non-hydrogen) atoms. The van der Waals surface area contributed by atoms with Crippen LogP contribution in [-0.4, -0.2) is 9.78 Å². The van der Waals surface area contributed by atoms with Gasteiger partial charge in [0.05, 0.1) is 17.9 Å². The van der Waals surface area contributed by atoms with E-state index in [1.54, 1.807) is 10.9 Å². The minimum atomic E-state index is 0.570. The Morgan fingerprint density at radius 3 is 2.90 bits per heavy atom. The molecule has 0 radical (unpaired) electrons. The second-order valence-electron chi connectivity index (χ2n) is 4.17. The molecule has 0 aliphatic rings. The predicted octanol–water partition coefficient (Wildman–Crippen LogP) is 4.49. The van der Waals surface area contributed by atoms with Crippen molar-refractivity contribution in [3.8, 4) is 5.69 Å². The summed E-state index contributed by atoms with van der Waals surface area (Å²) in [6, 6.07) is 11.3. The molecule has 3 aromatic rings. The van der Waals surface area contributed by atoms with Crippen LogP contribution in [0.2, 0.25) is 5.02 Å². The highest BCUT2D eigenvalue weighted by molar-refractivity contribution is 9.10. The molecule has 3 rings (SSSR count). The molecule has 1 N–H and O–H groups in total. The van der Waals surface area contributed by atoms with Crippen LogP contribution in [0.4, 0.5) is 5.69 Å². The first-order valence-corrected chi connectivity index (χ1v) is 7.17. The van der Waals surface area contributed by atoms with Crippen LogP contribution >= 0.6 is 27.5 Å².